The van der Waals surface area contributed by atoms with E-state index in [1.54, 1.807) is 12.4 Å². The fraction of sp³-hybridized carbons (Fsp3) is 0.273. The van der Waals surface area contributed by atoms with Crippen LogP contribution in [0.25, 0.3) is 11.0 Å². The monoisotopic (exact) mass is 189 g/mol. The third kappa shape index (κ3) is 1.41. The van der Waals surface area contributed by atoms with Gasteiger partial charge in [-0.05, 0) is 18.1 Å². The van der Waals surface area contributed by atoms with Crippen LogP contribution in [0, 0.1) is 0 Å². The molecule has 0 atom stereocenters. The van der Waals surface area contributed by atoms with Gasteiger partial charge in [0.25, 0.3) is 5.52 Å². The van der Waals surface area contributed by atoms with Crippen molar-refractivity contribution in [2.45, 2.75) is 19.8 Å². The summed E-state index contributed by atoms with van der Waals surface area (Å²) in [6.07, 6.45) is 3.46. The van der Waals surface area contributed by atoms with Crippen molar-refractivity contribution in [1.29, 1.82) is 0 Å². The molecule has 0 aromatic carbocycles. The summed E-state index contributed by atoms with van der Waals surface area (Å²) in [7, 11) is 0. The van der Waals surface area contributed by atoms with Crippen molar-refractivity contribution in [3.05, 3.63) is 36.2 Å². The van der Waals surface area contributed by atoms with Crippen molar-refractivity contribution < 1.29 is 9.94 Å². The first-order valence-corrected chi connectivity index (χ1v) is 4.68. The Hall–Kier alpha value is -1.64. The highest BCUT2D eigenvalue weighted by molar-refractivity contribution is 5.70. The molecular weight excluding hydrogens is 176 g/mol. The molecular formula is C11H13N2O+. The van der Waals surface area contributed by atoms with Gasteiger partial charge in [-0.2, -0.15) is 0 Å². The van der Waals surface area contributed by atoms with Crippen molar-refractivity contribution >= 4 is 11.0 Å². The van der Waals surface area contributed by atoms with Gasteiger partial charge in [0.15, 0.2) is 0 Å². The fourth-order valence-corrected chi connectivity index (χ4v) is 1.44. The number of hydrogen-bond acceptors (Lipinski definition) is 2. The number of rotatable bonds is 1. The second-order valence-electron chi connectivity index (χ2n) is 3.68. The lowest BCUT2D eigenvalue weighted by Crippen LogP contribution is -2.31. The van der Waals surface area contributed by atoms with Gasteiger partial charge in [-0.1, -0.05) is 13.8 Å². The van der Waals surface area contributed by atoms with E-state index in [0.29, 0.717) is 5.92 Å². The number of fused-ring (bicyclic) bond motifs is 1. The molecule has 3 nitrogen and oxygen atoms in total. The normalized spacial score (nSPS) is 11.1. The van der Waals surface area contributed by atoms with E-state index >= 15 is 0 Å². The zero-order valence-electron chi connectivity index (χ0n) is 8.31. The van der Waals surface area contributed by atoms with Crippen LogP contribution in [-0.4, -0.2) is 10.2 Å². The third-order valence-corrected chi connectivity index (χ3v) is 2.30. The number of aromatic nitrogens is 2. The topological polar surface area (TPSA) is 37.0 Å². The summed E-state index contributed by atoms with van der Waals surface area (Å²) in [4.78, 5) is 4.20. The van der Waals surface area contributed by atoms with E-state index in [4.69, 9.17) is 0 Å². The van der Waals surface area contributed by atoms with Crippen molar-refractivity contribution in [3.63, 3.8) is 0 Å². The van der Waals surface area contributed by atoms with Crippen molar-refractivity contribution in [1.82, 2.24) is 4.98 Å². The lowest BCUT2D eigenvalue weighted by molar-refractivity contribution is -0.885. The Balaban J connectivity index is 2.72. The maximum absolute atomic E-state index is 9.68. The lowest BCUT2D eigenvalue weighted by Gasteiger charge is -2.02. The maximum Gasteiger partial charge on any atom is 0.282 e. The second-order valence-corrected chi connectivity index (χ2v) is 3.68. The van der Waals surface area contributed by atoms with E-state index in [1.165, 1.54) is 0 Å². The van der Waals surface area contributed by atoms with Crippen LogP contribution in [0.1, 0.15) is 25.3 Å². The quantitative estimate of drug-likeness (QED) is 0.549. The standard InChI is InChI=1S/C11H13N2O/c1-8(2)9-6-10-11(13(14)7-9)4-3-5-12-10/h3-8,14H,1-2H3/q+1. The van der Waals surface area contributed by atoms with E-state index < -0.39 is 0 Å². The first-order chi connectivity index (χ1) is 6.68. The third-order valence-electron chi connectivity index (χ3n) is 2.30. The summed E-state index contributed by atoms with van der Waals surface area (Å²) in [6.45, 7) is 4.17. The SMILES string of the molecule is CC(C)c1cc2ncccc2[n+](O)c1. The van der Waals surface area contributed by atoms with E-state index in [1.807, 2.05) is 18.2 Å². The van der Waals surface area contributed by atoms with E-state index in [-0.39, 0.29) is 0 Å². The minimum atomic E-state index is 0.389. The molecule has 14 heavy (non-hydrogen) atoms. The highest BCUT2D eigenvalue weighted by Gasteiger charge is 2.12. The summed E-state index contributed by atoms with van der Waals surface area (Å²) in [6, 6.07) is 5.66. The average molecular weight is 189 g/mol. The Morgan fingerprint density at radius 2 is 2.21 bits per heavy atom. The van der Waals surface area contributed by atoms with Crippen LogP contribution in [0.5, 0.6) is 0 Å². The van der Waals surface area contributed by atoms with Crippen LogP contribution < -0.4 is 4.73 Å². The molecule has 0 fully saturated rings. The highest BCUT2D eigenvalue weighted by atomic mass is 16.5. The Morgan fingerprint density at radius 1 is 1.43 bits per heavy atom. The number of nitrogens with zero attached hydrogens (tertiary/aromatic N) is 2. The minimum Gasteiger partial charge on any atom is -0.284 e. The molecule has 0 unspecified atom stereocenters. The molecule has 2 rings (SSSR count). The van der Waals surface area contributed by atoms with Gasteiger partial charge >= 0.3 is 0 Å². The van der Waals surface area contributed by atoms with Crippen LogP contribution in [0.3, 0.4) is 0 Å². The Bertz CT molecular complexity index is 466. The molecule has 3 heteroatoms. The summed E-state index contributed by atoms with van der Waals surface area (Å²) >= 11 is 0. The molecule has 2 aromatic heterocycles. The summed E-state index contributed by atoms with van der Waals surface area (Å²) in [5.74, 6) is 0.389. The summed E-state index contributed by atoms with van der Waals surface area (Å²) in [5.41, 5.74) is 2.64. The van der Waals surface area contributed by atoms with Crippen LogP contribution in [-0.2, 0) is 0 Å². The lowest BCUT2D eigenvalue weighted by atomic mass is 10.1. The molecule has 0 aliphatic heterocycles. The maximum atomic E-state index is 9.68. The van der Waals surface area contributed by atoms with Gasteiger partial charge in [-0.15, -0.1) is 0 Å². The largest absolute Gasteiger partial charge is 0.284 e. The molecule has 2 heterocycles. The minimum absolute atomic E-state index is 0.389. The molecule has 0 saturated carbocycles. The molecule has 72 valence electrons. The molecule has 0 bridgehead atoms. The molecule has 2 aromatic rings. The van der Waals surface area contributed by atoms with Gasteiger partial charge in [-0.3, -0.25) is 5.21 Å². The molecule has 0 spiro atoms. The van der Waals surface area contributed by atoms with E-state index in [9.17, 15) is 5.21 Å². The zero-order valence-corrected chi connectivity index (χ0v) is 8.31. The predicted octanol–water partition coefficient (Wildman–Crippen LogP) is 1.88. The van der Waals surface area contributed by atoms with Gasteiger partial charge < -0.3 is 0 Å². The van der Waals surface area contributed by atoms with E-state index in [0.717, 1.165) is 21.3 Å². The average Bonchev–Trinajstić information content (AvgIpc) is 2.17. The van der Waals surface area contributed by atoms with Crippen molar-refractivity contribution in [3.8, 4) is 0 Å². The van der Waals surface area contributed by atoms with Crippen LogP contribution in [0.15, 0.2) is 30.6 Å². The van der Waals surface area contributed by atoms with Gasteiger partial charge in [-0.25, -0.2) is 4.98 Å². The second kappa shape index (κ2) is 3.25. The fourth-order valence-electron chi connectivity index (χ4n) is 1.44. The van der Waals surface area contributed by atoms with Crippen LogP contribution in [0.4, 0.5) is 0 Å². The van der Waals surface area contributed by atoms with E-state index in [2.05, 4.69) is 18.8 Å². The zero-order chi connectivity index (χ0) is 10.1. The molecule has 0 radical (unpaired) electrons. The first-order valence-electron chi connectivity index (χ1n) is 4.68. The van der Waals surface area contributed by atoms with Crippen LogP contribution in [0.2, 0.25) is 0 Å². The Labute approximate surface area is 82.6 Å². The number of pyridine rings is 2. The molecule has 1 N–H and O–H groups in total. The highest BCUT2D eigenvalue weighted by Crippen LogP contribution is 2.15. The van der Waals surface area contributed by atoms with Gasteiger partial charge in [0.05, 0.1) is 0 Å². The van der Waals surface area contributed by atoms with Gasteiger partial charge in [0.1, 0.15) is 5.52 Å². The van der Waals surface area contributed by atoms with Crippen molar-refractivity contribution in [2.24, 2.45) is 0 Å². The van der Waals surface area contributed by atoms with Gasteiger partial charge in [0, 0.05) is 22.6 Å². The molecule has 0 amide bonds. The Kier molecular flexibility index (Phi) is 2.08. The molecule has 0 aliphatic rings. The summed E-state index contributed by atoms with van der Waals surface area (Å²) < 4.78 is 1.14. The smallest absolute Gasteiger partial charge is 0.282 e. The first kappa shape index (κ1) is 8.94. The summed E-state index contributed by atoms with van der Waals surface area (Å²) in [5, 5.41) is 9.68. The van der Waals surface area contributed by atoms with Crippen molar-refractivity contribution in [2.75, 3.05) is 0 Å². The molecule has 0 aliphatic carbocycles. The molecule has 0 saturated heterocycles. The Morgan fingerprint density at radius 3 is 2.93 bits per heavy atom. The van der Waals surface area contributed by atoms with Gasteiger partial charge in [0.2, 0.25) is 6.20 Å². The van der Waals surface area contributed by atoms with Crippen LogP contribution >= 0.6 is 0 Å². The number of hydrogen-bond donors (Lipinski definition) is 1. The predicted molar refractivity (Wildman–Crippen MR) is 53.2 cm³/mol.